The third kappa shape index (κ3) is 4.22. The van der Waals surface area contributed by atoms with Gasteiger partial charge in [0, 0.05) is 17.3 Å². The van der Waals surface area contributed by atoms with Crippen molar-refractivity contribution in [1.29, 1.82) is 5.26 Å². The summed E-state index contributed by atoms with van der Waals surface area (Å²) < 4.78 is 46.0. The maximum absolute atomic E-state index is 12.9. The molecule has 0 unspecified atom stereocenters. The largest absolute Gasteiger partial charge is 0.471 e. The number of pyridine rings is 2. The maximum Gasteiger partial charge on any atom is 0.416 e. The lowest BCUT2D eigenvalue weighted by atomic mass is 10.2. The average molecular weight is 406 g/mol. The Labute approximate surface area is 164 Å². The van der Waals surface area contributed by atoms with Crippen LogP contribution in [0.1, 0.15) is 26.3 Å². The quantitative estimate of drug-likeness (QED) is 0.545. The number of thioether (sulfide) groups is 1. The Kier molecular flexibility index (Phi) is 5.26. The fraction of sp³-hybridized carbons (Fsp3) is 0.316. The maximum atomic E-state index is 12.9. The molecule has 0 N–H and O–H groups in total. The van der Waals surface area contributed by atoms with E-state index in [0.29, 0.717) is 17.1 Å². The van der Waals surface area contributed by atoms with Crippen molar-refractivity contribution in [2.75, 3.05) is 5.75 Å². The molecule has 0 aliphatic heterocycles. The second kappa shape index (κ2) is 7.36. The number of nitrogens with zero attached hydrogens (tertiary/aromatic N) is 4. The number of ether oxygens (including phenoxy) is 1. The van der Waals surface area contributed by atoms with Crippen LogP contribution in [0.3, 0.4) is 0 Å². The zero-order valence-corrected chi connectivity index (χ0v) is 16.2. The number of halogens is 3. The normalized spacial score (nSPS) is 12.2. The number of imidazole rings is 1. The van der Waals surface area contributed by atoms with Crippen molar-refractivity contribution in [3.05, 3.63) is 42.4 Å². The number of alkyl halides is 3. The lowest BCUT2D eigenvalue weighted by molar-refractivity contribution is -0.137. The first-order valence-corrected chi connectivity index (χ1v) is 9.41. The smallest absolute Gasteiger partial charge is 0.416 e. The van der Waals surface area contributed by atoms with E-state index in [1.807, 2.05) is 6.92 Å². The second-order valence-corrected chi connectivity index (χ2v) is 7.79. The summed E-state index contributed by atoms with van der Waals surface area (Å²) in [5.41, 5.74) is -0.567. The molecule has 9 heteroatoms. The van der Waals surface area contributed by atoms with Crippen molar-refractivity contribution >= 4 is 17.4 Å². The zero-order chi connectivity index (χ0) is 20.5. The summed E-state index contributed by atoms with van der Waals surface area (Å²) >= 11 is 1.51. The highest BCUT2D eigenvalue weighted by Gasteiger charge is 2.31. The summed E-state index contributed by atoms with van der Waals surface area (Å²) in [6.45, 7) is 5.27. The summed E-state index contributed by atoms with van der Waals surface area (Å²) in [5, 5.41) is 9.13. The summed E-state index contributed by atoms with van der Waals surface area (Å²) in [6.07, 6.45) is 0.0205. The SMILES string of the molecule is CCSc1cc(OC(C)(C)C#N)cnc1-c1cn2ccc(C(F)(F)F)cc2n1. The van der Waals surface area contributed by atoms with Crippen molar-refractivity contribution in [2.45, 2.75) is 37.4 Å². The molecule has 3 aromatic rings. The van der Waals surface area contributed by atoms with E-state index >= 15 is 0 Å². The van der Waals surface area contributed by atoms with Gasteiger partial charge in [0.1, 0.15) is 28.9 Å². The molecule has 0 saturated heterocycles. The zero-order valence-electron chi connectivity index (χ0n) is 15.4. The van der Waals surface area contributed by atoms with Crippen molar-refractivity contribution in [3.63, 3.8) is 0 Å². The molecule has 0 spiro atoms. The summed E-state index contributed by atoms with van der Waals surface area (Å²) in [4.78, 5) is 9.49. The second-order valence-electron chi connectivity index (χ2n) is 6.48. The topological polar surface area (TPSA) is 63.2 Å². The third-order valence-electron chi connectivity index (χ3n) is 3.80. The van der Waals surface area contributed by atoms with E-state index in [9.17, 15) is 13.2 Å². The van der Waals surface area contributed by atoms with Gasteiger partial charge >= 0.3 is 6.18 Å². The van der Waals surface area contributed by atoms with Crippen molar-refractivity contribution in [3.8, 4) is 23.2 Å². The van der Waals surface area contributed by atoms with Crippen LogP contribution in [0, 0.1) is 11.3 Å². The van der Waals surface area contributed by atoms with Crippen LogP contribution in [0.25, 0.3) is 17.0 Å². The molecule has 0 aromatic carbocycles. The predicted molar refractivity (Wildman–Crippen MR) is 100 cm³/mol. The molecular formula is C19H17F3N4OS. The summed E-state index contributed by atoms with van der Waals surface area (Å²) in [7, 11) is 0. The molecule has 3 heterocycles. The Morgan fingerprint density at radius 2 is 2.04 bits per heavy atom. The molecule has 3 aromatic heterocycles. The minimum Gasteiger partial charge on any atom is -0.471 e. The highest BCUT2D eigenvalue weighted by Crippen LogP contribution is 2.34. The first-order valence-electron chi connectivity index (χ1n) is 8.42. The Bertz CT molecular complexity index is 1050. The molecule has 0 fully saturated rings. The van der Waals surface area contributed by atoms with Gasteiger partial charge in [-0.05, 0) is 37.8 Å². The number of rotatable bonds is 5. The van der Waals surface area contributed by atoms with Crippen LogP contribution in [-0.2, 0) is 6.18 Å². The third-order valence-corrected chi connectivity index (χ3v) is 4.71. The summed E-state index contributed by atoms with van der Waals surface area (Å²) in [6, 6.07) is 5.83. The molecule has 0 aliphatic carbocycles. The van der Waals surface area contributed by atoms with E-state index in [-0.39, 0.29) is 5.65 Å². The van der Waals surface area contributed by atoms with E-state index < -0.39 is 17.3 Å². The Morgan fingerprint density at radius 3 is 2.68 bits per heavy atom. The monoisotopic (exact) mass is 406 g/mol. The Balaban J connectivity index is 2.03. The minimum absolute atomic E-state index is 0.185. The number of hydrogen-bond acceptors (Lipinski definition) is 5. The number of hydrogen-bond donors (Lipinski definition) is 0. The number of nitriles is 1. The minimum atomic E-state index is -4.43. The fourth-order valence-electron chi connectivity index (χ4n) is 2.53. The van der Waals surface area contributed by atoms with Crippen LogP contribution in [-0.4, -0.2) is 25.7 Å². The van der Waals surface area contributed by atoms with Crippen LogP contribution in [0.2, 0.25) is 0 Å². The number of aromatic nitrogens is 3. The van der Waals surface area contributed by atoms with Gasteiger partial charge in [0.2, 0.25) is 0 Å². The van der Waals surface area contributed by atoms with Crippen LogP contribution in [0.5, 0.6) is 5.75 Å². The van der Waals surface area contributed by atoms with Gasteiger partial charge in [0.15, 0.2) is 5.60 Å². The van der Waals surface area contributed by atoms with E-state index in [2.05, 4.69) is 16.0 Å². The number of fused-ring (bicyclic) bond motifs is 1. The van der Waals surface area contributed by atoms with Crippen LogP contribution in [0.15, 0.2) is 41.7 Å². The first-order chi connectivity index (χ1) is 13.1. The van der Waals surface area contributed by atoms with Gasteiger partial charge in [-0.2, -0.15) is 18.4 Å². The van der Waals surface area contributed by atoms with E-state index in [1.165, 1.54) is 28.6 Å². The standard InChI is InChI=1S/C19H17F3N4OS/c1-4-28-15-8-13(27-18(2,3)11-23)9-24-17(15)14-10-26-6-5-12(19(20,21)22)7-16(26)25-14/h5-10H,4H2,1-3H3. The Hall–Kier alpha value is -2.73. The van der Waals surface area contributed by atoms with Gasteiger partial charge < -0.3 is 9.14 Å². The van der Waals surface area contributed by atoms with Crippen LogP contribution < -0.4 is 4.74 Å². The first kappa shape index (κ1) is 20.0. The molecule has 0 radical (unpaired) electrons. The van der Waals surface area contributed by atoms with Gasteiger partial charge in [0.05, 0.1) is 11.8 Å². The molecule has 28 heavy (non-hydrogen) atoms. The molecule has 0 saturated carbocycles. The molecule has 146 valence electrons. The van der Waals surface area contributed by atoms with Gasteiger partial charge in [-0.1, -0.05) is 6.92 Å². The molecular weight excluding hydrogens is 389 g/mol. The van der Waals surface area contributed by atoms with Crippen LogP contribution >= 0.6 is 11.8 Å². The van der Waals surface area contributed by atoms with E-state index in [1.54, 1.807) is 26.1 Å². The average Bonchev–Trinajstić information content (AvgIpc) is 3.04. The molecule has 5 nitrogen and oxygen atoms in total. The molecule has 0 amide bonds. The predicted octanol–water partition coefficient (Wildman–Crippen LogP) is 5.21. The lowest BCUT2D eigenvalue weighted by Gasteiger charge is -2.18. The fourth-order valence-corrected chi connectivity index (χ4v) is 3.33. The van der Waals surface area contributed by atoms with E-state index in [4.69, 9.17) is 10.00 Å². The van der Waals surface area contributed by atoms with Gasteiger partial charge in [-0.15, -0.1) is 11.8 Å². The Morgan fingerprint density at radius 1 is 1.29 bits per heavy atom. The highest BCUT2D eigenvalue weighted by molar-refractivity contribution is 7.99. The van der Waals surface area contributed by atoms with Crippen molar-refractivity contribution < 1.29 is 17.9 Å². The highest BCUT2D eigenvalue weighted by atomic mass is 32.2. The lowest BCUT2D eigenvalue weighted by Crippen LogP contribution is -2.25. The molecule has 3 rings (SSSR count). The molecule has 0 atom stereocenters. The van der Waals surface area contributed by atoms with Gasteiger partial charge in [-0.25, -0.2) is 9.97 Å². The van der Waals surface area contributed by atoms with Crippen LogP contribution in [0.4, 0.5) is 13.2 Å². The van der Waals surface area contributed by atoms with Crippen molar-refractivity contribution in [2.24, 2.45) is 0 Å². The molecule has 0 bridgehead atoms. The van der Waals surface area contributed by atoms with Crippen molar-refractivity contribution in [1.82, 2.24) is 14.4 Å². The summed E-state index contributed by atoms with van der Waals surface area (Å²) in [5.74, 6) is 1.19. The van der Waals surface area contributed by atoms with Gasteiger partial charge in [0.25, 0.3) is 0 Å². The molecule has 0 aliphatic rings. The van der Waals surface area contributed by atoms with Gasteiger partial charge in [-0.3, -0.25) is 0 Å². The van der Waals surface area contributed by atoms with E-state index in [0.717, 1.165) is 22.8 Å².